The average Bonchev–Trinajstić information content (AvgIpc) is 2.66. The van der Waals surface area contributed by atoms with Crippen molar-refractivity contribution in [3.8, 4) is 17.9 Å². The molecule has 1 amide bonds. The number of nitrogens with zero attached hydrogens (tertiary/aromatic N) is 3. The summed E-state index contributed by atoms with van der Waals surface area (Å²) in [6, 6.07) is 15.7. The van der Waals surface area contributed by atoms with Crippen LogP contribution in [-0.4, -0.2) is 18.0 Å². The Labute approximate surface area is 143 Å². The van der Waals surface area contributed by atoms with Gasteiger partial charge in [0.1, 0.15) is 12.1 Å². The van der Waals surface area contributed by atoms with Crippen molar-refractivity contribution in [3.05, 3.63) is 65.4 Å². The van der Waals surface area contributed by atoms with Crippen LogP contribution in [-0.2, 0) is 0 Å². The van der Waals surface area contributed by atoms with Crippen LogP contribution in [0.1, 0.15) is 21.5 Å². The molecule has 0 saturated heterocycles. The predicted molar refractivity (Wildman–Crippen MR) is 92.1 cm³/mol. The van der Waals surface area contributed by atoms with Gasteiger partial charge in [-0.2, -0.15) is 10.5 Å². The van der Waals surface area contributed by atoms with Gasteiger partial charge in [0.25, 0.3) is 5.91 Å². The van der Waals surface area contributed by atoms with E-state index in [9.17, 15) is 4.79 Å². The highest BCUT2D eigenvalue weighted by Gasteiger charge is 2.17. The van der Waals surface area contributed by atoms with Gasteiger partial charge in [-0.3, -0.25) is 9.78 Å². The van der Waals surface area contributed by atoms with Crippen LogP contribution in [0.15, 0.2) is 48.7 Å². The number of carbonyl (C=O) groups is 1. The minimum atomic E-state index is -0.385. The van der Waals surface area contributed by atoms with Gasteiger partial charge in [-0.15, -0.1) is 0 Å². The van der Waals surface area contributed by atoms with Gasteiger partial charge in [0.15, 0.2) is 5.75 Å². The maximum atomic E-state index is 12.8. The first kappa shape index (κ1) is 16.0. The highest BCUT2D eigenvalue weighted by Crippen LogP contribution is 2.27. The molecule has 0 unspecified atom stereocenters. The molecule has 1 aromatic heterocycles. The van der Waals surface area contributed by atoms with Gasteiger partial charge in [-0.1, -0.05) is 18.2 Å². The lowest BCUT2D eigenvalue weighted by Gasteiger charge is -2.12. The Morgan fingerprint density at radius 2 is 1.88 bits per heavy atom. The molecule has 0 aliphatic rings. The number of rotatable bonds is 3. The standard InChI is InChI=1S/C19H12N4O2/c1-25-17-11-22-16-5-3-2-4-15(16)18(17)19(24)23-14-7-6-12(9-20)13(8-14)10-21/h2-8,11H,1H3,(H,23,24). The van der Waals surface area contributed by atoms with Crippen molar-refractivity contribution < 1.29 is 9.53 Å². The van der Waals surface area contributed by atoms with E-state index in [1.807, 2.05) is 24.3 Å². The van der Waals surface area contributed by atoms with Crippen LogP contribution >= 0.6 is 0 Å². The molecular weight excluding hydrogens is 316 g/mol. The smallest absolute Gasteiger partial charge is 0.260 e. The number of benzene rings is 2. The van der Waals surface area contributed by atoms with Gasteiger partial charge in [0, 0.05) is 11.1 Å². The van der Waals surface area contributed by atoms with Gasteiger partial charge < -0.3 is 10.1 Å². The molecular formula is C19H12N4O2. The Hall–Kier alpha value is -3.90. The summed E-state index contributed by atoms with van der Waals surface area (Å²) in [4.78, 5) is 17.1. The topological polar surface area (TPSA) is 98.8 Å². The summed E-state index contributed by atoms with van der Waals surface area (Å²) in [7, 11) is 1.47. The number of fused-ring (bicyclic) bond motifs is 1. The number of nitrogens with one attached hydrogen (secondary N) is 1. The summed E-state index contributed by atoms with van der Waals surface area (Å²) >= 11 is 0. The number of ether oxygens (including phenoxy) is 1. The molecule has 2 aromatic carbocycles. The van der Waals surface area contributed by atoms with Gasteiger partial charge >= 0.3 is 0 Å². The van der Waals surface area contributed by atoms with E-state index in [2.05, 4.69) is 10.3 Å². The quantitative estimate of drug-likeness (QED) is 0.795. The Kier molecular flexibility index (Phi) is 4.28. The second-order valence-electron chi connectivity index (χ2n) is 5.16. The molecule has 0 aliphatic carbocycles. The van der Waals surface area contributed by atoms with E-state index in [0.717, 1.165) is 0 Å². The molecule has 6 heteroatoms. The zero-order valence-electron chi connectivity index (χ0n) is 13.3. The molecule has 1 N–H and O–H groups in total. The molecule has 1 heterocycles. The van der Waals surface area contributed by atoms with Crippen LogP contribution in [0.4, 0.5) is 5.69 Å². The van der Waals surface area contributed by atoms with Crippen molar-refractivity contribution in [2.45, 2.75) is 0 Å². The third-order valence-electron chi connectivity index (χ3n) is 3.71. The minimum absolute atomic E-state index is 0.201. The number of hydrogen-bond donors (Lipinski definition) is 1. The molecule has 0 radical (unpaired) electrons. The van der Waals surface area contributed by atoms with Gasteiger partial charge in [0.2, 0.25) is 0 Å². The largest absolute Gasteiger partial charge is 0.494 e. The lowest BCUT2D eigenvalue weighted by Crippen LogP contribution is -2.14. The van der Waals surface area contributed by atoms with Crippen molar-refractivity contribution >= 4 is 22.5 Å². The summed E-state index contributed by atoms with van der Waals surface area (Å²) < 4.78 is 5.27. The van der Waals surface area contributed by atoms with E-state index in [-0.39, 0.29) is 17.0 Å². The van der Waals surface area contributed by atoms with Crippen LogP contribution < -0.4 is 10.1 Å². The van der Waals surface area contributed by atoms with Gasteiger partial charge in [-0.05, 0) is 24.3 Å². The maximum Gasteiger partial charge on any atom is 0.260 e. The first-order valence-electron chi connectivity index (χ1n) is 7.35. The van der Waals surface area contributed by atoms with E-state index in [1.54, 1.807) is 18.2 Å². The zero-order chi connectivity index (χ0) is 17.8. The fourth-order valence-corrected chi connectivity index (χ4v) is 2.52. The van der Waals surface area contributed by atoms with Crippen molar-refractivity contribution in [2.75, 3.05) is 12.4 Å². The normalized spacial score (nSPS) is 9.88. The molecule has 0 spiro atoms. The number of pyridine rings is 1. The Balaban J connectivity index is 2.04. The fraction of sp³-hybridized carbons (Fsp3) is 0.0526. The van der Waals surface area contributed by atoms with Crippen LogP contribution in [0, 0.1) is 22.7 Å². The number of para-hydroxylation sites is 1. The van der Waals surface area contributed by atoms with Gasteiger partial charge in [0.05, 0.1) is 35.5 Å². The van der Waals surface area contributed by atoms with E-state index < -0.39 is 0 Å². The number of anilines is 1. The van der Waals surface area contributed by atoms with Crippen LogP contribution in [0.3, 0.4) is 0 Å². The summed E-state index contributed by atoms with van der Waals surface area (Å²) in [5.74, 6) is -0.0330. The maximum absolute atomic E-state index is 12.8. The van der Waals surface area contributed by atoms with Crippen molar-refractivity contribution in [1.82, 2.24) is 4.98 Å². The highest BCUT2D eigenvalue weighted by molar-refractivity contribution is 6.14. The van der Waals surface area contributed by atoms with Gasteiger partial charge in [-0.25, -0.2) is 0 Å². The van der Waals surface area contributed by atoms with E-state index in [4.69, 9.17) is 15.3 Å². The Bertz CT molecular complexity index is 1060. The first-order valence-corrected chi connectivity index (χ1v) is 7.35. The van der Waals surface area contributed by atoms with Crippen LogP contribution in [0.5, 0.6) is 5.75 Å². The summed E-state index contributed by atoms with van der Waals surface area (Å²) in [5.41, 5.74) is 1.91. The average molecular weight is 328 g/mol. The number of amides is 1. The fourth-order valence-electron chi connectivity index (χ4n) is 2.52. The van der Waals surface area contributed by atoms with E-state index >= 15 is 0 Å². The second kappa shape index (κ2) is 6.69. The van der Waals surface area contributed by atoms with Crippen molar-refractivity contribution in [2.24, 2.45) is 0 Å². The third kappa shape index (κ3) is 2.97. The minimum Gasteiger partial charge on any atom is -0.494 e. The molecule has 0 fully saturated rings. The monoisotopic (exact) mass is 328 g/mol. The Morgan fingerprint density at radius 1 is 1.12 bits per heavy atom. The summed E-state index contributed by atoms with van der Waals surface area (Å²) in [6.45, 7) is 0. The number of carbonyl (C=O) groups excluding carboxylic acids is 1. The van der Waals surface area contributed by atoms with Crippen molar-refractivity contribution in [3.63, 3.8) is 0 Å². The summed E-state index contributed by atoms with van der Waals surface area (Å²) in [6.07, 6.45) is 1.50. The van der Waals surface area contributed by atoms with Crippen LogP contribution in [0.25, 0.3) is 10.9 Å². The number of aromatic nitrogens is 1. The number of methoxy groups -OCH3 is 1. The van der Waals surface area contributed by atoms with E-state index in [1.165, 1.54) is 25.4 Å². The second-order valence-corrected chi connectivity index (χ2v) is 5.16. The SMILES string of the molecule is COc1cnc2ccccc2c1C(=O)Nc1ccc(C#N)c(C#N)c1. The molecule has 0 aliphatic heterocycles. The lowest BCUT2D eigenvalue weighted by atomic mass is 10.1. The number of hydrogen-bond acceptors (Lipinski definition) is 5. The van der Waals surface area contributed by atoms with Crippen LogP contribution in [0.2, 0.25) is 0 Å². The number of nitriles is 2. The molecule has 3 aromatic rings. The predicted octanol–water partition coefficient (Wildman–Crippen LogP) is 3.24. The van der Waals surface area contributed by atoms with E-state index in [0.29, 0.717) is 27.9 Å². The molecule has 120 valence electrons. The first-order chi connectivity index (χ1) is 12.2. The molecule has 25 heavy (non-hydrogen) atoms. The Morgan fingerprint density at radius 3 is 2.60 bits per heavy atom. The summed E-state index contributed by atoms with van der Waals surface area (Å²) in [5, 5.41) is 21.5. The molecule has 0 bridgehead atoms. The zero-order valence-corrected chi connectivity index (χ0v) is 13.3. The molecule has 0 atom stereocenters. The molecule has 3 rings (SSSR count). The molecule has 0 saturated carbocycles. The third-order valence-corrected chi connectivity index (χ3v) is 3.71. The molecule has 6 nitrogen and oxygen atoms in total. The van der Waals surface area contributed by atoms with Crippen molar-refractivity contribution in [1.29, 1.82) is 10.5 Å². The highest BCUT2D eigenvalue weighted by atomic mass is 16.5. The lowest BCUT2D eigenvalue weighted by molar-refractivity contribution is 0.102.